The average molecular weight is 296 g/mol. The fourth-order valence-corrected chi connectivity index (χ4v) is 2.39. The van der Waals surface area contributed by atoms with Crippen LogP contribution >= 0.6 is 0 Å². The van der Waals surface area contributed by atoms with Gasteiger partial charge >= 0.3 is 6.03 Å². The van der Waals surface area contributed by atoms with Crippen LogP contribution in [0.3, 0.4) is 0 Å². The van der Waals surface area contributed by atoms with Crippen LogP contribution in [0.5, 0.6) is 0 Å². The molecule has 2 saturated heterocycles. The molecule has 0 aromatic heterocycles. The number of barbiturate groups is 1. The third-order valence-electron chi connectivity index (χ3n) is 3.53. The molecule has 8 heteroatoms. The Hall–Kier alpha value is -1.80. The summed E-state index contributed by atoms with van der Waals surface area (Å²) in [5, 5.41) is 4.19. The normalized spacial score (nSPS) is 22.1. The molecule has 0 aliphatic carbocycles. The van der Waals surface area contributed by atoms with Crippen LogP contribution in [0.15, 0.2) is 4.99 Å². The van der Waals surface area contributed by atoms with E-state index in [9.17, 15) is 14.4 Å². The van der Waals surface area contributed by atoms with Crippen LogP contribution in [0.4, 0.5) is 4.79 Å². The quantitative estimate of drug-likeness (QED) is 0.508. The number of carbonyl (C=O) groups excluding carboxylic acids is 3. The smallest absolute Gasteiger partial charge is 0.328 e. The molecule has 0 aromatic rings. The van der Waals surface area contributed by atoms with Gasteiger partial charge in [-0.15, -0.1) is 0 Å². The van der Waals surface area contributed by atoms with Crippen molar-refractivity contribution < 1.29 is 19.1 Å². The second-order valence-corrected chi connectivity index (χ2v) is 4.92. The molecule has 0 atom stereocenters. The van der Waals surface area contributed by atoms with Gasteiger partial charge in [-0.3, -0.25) is 30.1 Å². The Kier molecular flexibility index (Phi) is 5.40. The molecular weight excluding hydrogens is 276 g/mol. The first kappa shape index (κ1) is 15.6. The molecule has 2 fully saturated rings. The summed E-state index contributed by atoms with van der Waals surface area (Å²) >= 11 is 0. The molecule has 2 aliphatic heterocycles. The van der Waals surface area contributed by atoms with Gasteiger partial charge in [0.2, 0.25) is 11.8 Å². The number of ether oxygens (including phenoxy) is 1. The number of hydrogen-bond acceptors (Lipinski definition) is 6. The van der Waals surface area contributed by atoms with E-state index in [-0.39, 0.29) is 0 Å². The first-order chi connectivity index (χ1) is 10.1. The number of rotatable bonds is 5. The van der Waals surface area contributed by atoms with Gasteiger partial charge in [0.15, 0.2) is 5.92 Å². The van der Waals surface area contributed by atoms with Gasteiger partial charge in [0, 0.05) is 25.3 Å². The lowest BCUT2D eigenvalue weighted by atomic mass is 9.97. The van der Waals surface area contributed by atoms with Gasteiger partial charge in [0.05, 0.1) is 19.8 Å². The molecule has 2 rings (SSSR count). The van der Waals surface area contributed by atoms with Crippen molar-refractivity contribution in [2.24, 2.45) is 10.9 Å². The van der Waals surface area contributed by atoms with E-state index in [1.165, 1.54) is 0 Å². The molecule has 0 saturated carbocycles. The van der Waals surface area contributed by atoms with Crippen LogP contribution in [0.2, 0.25) is 0 Å². The summed E-state index contributed by atoms with van der Waals surface area (Å²) in [7, 11) is 0. The maximum atomic E-state index is 11.8. The number of nitrogens with zero attached hydrogens (tertiary/aromatic N) is 2. The van der Waals surface area contributed by atoms with Crippen LogP contribution in [0.1, 0.15) is 13.3 Å². The Morgan fingerprint density at radius 2 is 1.86 bits per heavy atom. The summed E-state index contributed by atoms with van der Waals surface area (Å²) < 4.78 is 5.27. The maximum Gasteiger partial charge on any atom is 0.328 e. The summed E-state index contributed by atoms with van der Waals surface area (Å²) in [6, 6.07) is -0.773. The summed E-state index contributed by atoms with van der Waals surface area (Å²) in [5.74, 6) is -2.20. The summed E-state index contributed by atoms with van der Waals surface area (Å²) in [6.45, 7) is 6.31. The molecule has 2 heterocycles. The zero-order valence-electron chi connectivity index (χ0n) is 12.1. The van der Waals surface area contributed by atoms with Gasteiger partial charge in [-0.25, -0.2) is 4.79 Å². The van der Waals surface area contributed by atoms with Crippen molar-refractivity contribution in [2.45, 2.75) is 13.3 Å². The van der Waals surface area contributed by atoms with E-state index in [2.05, 4.69) is 20.5 Å². The van der Waals surface area contributed by atoms with E-state index in [1.54, 1.807) is 0 Å². The topological polar surface area (TPSA) is 100 Å². The molecule has 0 aromatic carbocycles. The van der Waals surface area contributed by atoms with Crippen molar-refractivity contribution in [2.75, 3.05) is 39.4 Å². The fraction of sp³-hybridized carbons (Fsp3) is 0.692. The zero-order chi connectivity index (χ0) is 15.2. The van der Waals surface area contributed by atoms with E-state index in [1.807, 2.05) is 6.92 Å². The number of imide groups is 2. The highest BCUT2D eigenvalue weighted by atomic mass is 16.5. The molecule has 0 spiro atoms. The number of nitrogens with one attached hydrogen (secondary N) is 2. The fourth-order valence-electron chi connectivity index (χ4n) is 2.39. The molecule has 0 bridgehead atoms. The lowest BCUT2D eigenvalue weighted by Crippen LogP contribution is -2.58. The number of hydrogen-bond donors (Lipinski definition) is 2. The third kappa shape index (κ3) is 4.08. The van der Waals surface area contributed by atoms with Crippen LogP contribution in [-0.2, 0) is 14.3 Å². The Morgan fingerprint density at radius 1 is 1.24 bits per heavy atom. The van der Waals surface area contributed by atoms with E-state index < -0.39 is 23.8 Å². The molecule has 2 aliphatic rings. The van der Waals surface area contributed by atoms with E-state index >= 15 is 0 Å². The van der Waals surface area contributed by atoms with Gasteiger partial charge in [0.25, 0.3) is 0 Å². The minimum atomic E-state index is -1.00. The number of urea groups is 1. The Balaban J connectivity index is 1.94. The molecule has 0 radical (unpaired) electrons. The summed E-state index contributed by atoms with van der Waals surface area (Å²) in [5.41, 5.74) is 0.505. The van der Waals surface area contributed by atoms with Gasteiger partial charge in [-0.05, 0) is 6.42 Å². The summed E-state index contributed by atoms with van der Waals surface area (Å²) in [6.07, 6.45) is 0.489. The Bertz CT molecular complexity index is 437. The van der Waals surface area contributed by atoms with Gasteiger partial charge in [0.1, 0.15) is 0 Å². The highest BCUT2D eigenvalue weighted by molar-refractivity contribution is 6.27. The monoisotopic (exact) mass is 296 g/mol. The van der Waals surface area contributed by atoms with Crippen LogP contribution in [0.25, 0.3) is 0 Å². The first-order valence-electron chi connectivity index (χ1n) is 7.10. The average Bonchev–Trinajstić information content (AvgIpc) is 2.45. The van der Waals surface area contributed by atoms with Crippen molar-refractivity contribution in [1.82, 2.24) is 15.5 Å². The standard InChI is InChI=1S/C13H20N4O4/c1-2-9(10-11(18)15-13(20)16-12(10)19)14-3-4-17-5-7-21-8-6-17/h10H,2-8H2,1H3,(H2,15,16,18,19,20). The minimum Gasteiger partial charge on any atom is -0.379 e. The molecule has 116 valence electrons. The lowest BCUT2D eigenvalue weighted by Gasteiger charge is -2.26. The van der Waals surface area contributed by atoms with Crippen molar-refractivity contribution in [3.05, 3.63) is 0 Å². The second kappa shape index (κ2) is 7.28. The van der Waals surface area contributed by atoms with Gasteiger partial charge in [-0.2, -0.15) is 0 Å². The highest BCUT2D eigenvalue weighted by Gasteiger charge is 2.37. The van der Waals surface area contributed by atoms with Gasteiger partial charge in [-0.1, -0.05) is 6.92 Å². The van der Waals surface area contributed by atoms with Crippen molar-refractivity contribution in [3.8, 4) is 0 Å². The third-order valence-corrected chi connectivity index (χ3v) is 3.53. The first-order valence-corrected chi connectivity index (χ1v) is 7.10. The van der Waals surface area contributed by atoms with E-state index in [0.717, 1.165) is 32.8 Å². The minimum absolute atomic E-state index is 0.489. The second-order valence-electron chi connectivity index (χ2n) is 4.92. The molecule has 0 unspecified atom stereocenters. The molecule has 4 amide bonds. The van der Waals surface area contributed by atoms with Crippen molar-refractivity contribution in [3.63, 3.8) is 0 Å². The van der Waals surface area contributed by atoms with Gasteiger partial charge < -0.3 is 4.74 Å². The van der Waals surface area contributed by atoms with Crippen LogP contribution in [0, 0.1) is 5.92 Å². The lowest BCUT2D eigenvalue weighted by molar-refractivity contribution is -0.132. The largest absolute Gasteiger partial charge is 0.379 e. The molecule has 2 N–H and O–H groups in total. The molecule has 8 nitrogen and oxygen atoms in total. The van der Waals surface area contributed by atoms with E-state index in [0.29, 0.717) is 18.7 Å². The van der Waals surface area contributed by atoms with Crippen LogP contribution in [-0.4, -0.2) is 67.8 Å². The highest BCUT2D eigenvalue weighted by Crippen LogP contribution is 2.09. The number of morpholine rings is 1. The SMILES string of the molecule is CCC(=NCCN1CCOCC1)C1C(=O)NC(=O)NC1=O. The maximum absolute atomic E-state index is 11.8. The zero-order valence-corrected chi connectivity index (χ0v) is 12.1. The molecule has 21 heavy (non-hydrogen) atoms. The number of carbonyl (C=O) groups is 3. The number of aliphatic imine (C=N–C) groups is 1. The predicted molar refractivity (Wildman–Crippen MR) is 75.0 cm³/mol. The summed E-state index contributed by atoms with van der Waals surface area (Å²) in [4.78, 5) is 41.2. The van der Waals surface area contributed by atoms with Crippen LogP contribution < -0.4 is 10.6 Å². The van der Waals surface area contributed by atoms with Crippen molar-refractivity contribution >= 4 is 23.6 Å². The number of amides is 4. The Labute approximate surface area is 122 Å². The van der Waals surface area contributed by atoms with E-state index in [4.69, 9.17) is 4.74 Å². The predicted octanol–water partition coefficient (Wildman–Crippen LogP) is -0.848. The Morgan fingerprint density at radius 3 is 2.43 bits per heavy atom. The van der Waals surface area contributed by atoms with Crippen molar-refractivity contribution in [1.29, 1.82) is 0 Å². The molecular formula is C13H20N4O4.